The summed E-state index contributed by atoms with van der Waals surface area (Å²) in [4.78, 5) is 23.6. The summed E-state index contributed by atoms with van der Waals surface area (Å²) >= 11 is 0. The molecule has 0 atom stereocenters. The van der Waals surface area contributed by atoms with Crippen molar-refractivity contribution >= 4 is 27.5 Å². The largest absolute Gasteiger partial charge is 0.508 e. The van der Waals surface area contributed by atoms with E-state index in [4.69, 9.17) is 10.1 Å². The van der Waals surface area contributed by atoms with E-state index in [2.05, 4.69) is 0 Å². The van der Waals surface area contributed by atoms with Crippen molar-refractivity contribution in [2.24, 2.45) is 0 Å². The summed E-state index contributed by atoms with van der Waals surface area (Å²) in [6.45, 7) is 5.94. The summed E-state index contributed by atoms with van der Waals surface area (Å²) in [5.74, 6) is -1.91. The molecule has 0 aliphatic rings. The maximum Gasteiger partial charge on any atom is 0.338 e. The summed E-state index contributed by atoms with van der Waals surface area (Å²) in [6.07, 6.45) is 0. The Balaban J connectivity index is 3.06. The fraction of sp³-hybridized carbons (Fsp3) is 0.389. The first-order chi connectivity index (χ1) is 12.6. The molecule has 0 radical (unpaired) electrons. The first-order valence-electron chi connectivity index (χ1n) is 8.32. The van der Waals surface area contributed by atoms with Crippen molar-refractivity contribution in [3.05, 3.63) is 41.2 Å². The monoisotopic (exact) mass is 396 g/mol. The molecule has 0 aromatic heterocycles. The molecule has 8 nitrogen and oxygen atoms in total. The van der Waals surface area contributed by atoms with Gasteiger partial charge in [-0.3, -0.25) is 4.79 Å². The molecule has 0 aliphatic carbocycles. The van der Waals surface area contributed by atoms with E-state index < -0.39 is 34.1 Å². The average molecular weight is 396 g/mol. The lowest BCUT2D eigenvalue weighted by molar-refractivity contribution is -0.113. The van der Waals surface area contributed by atoms with Crippen LogP contribution in [0.5, 0.6) is 0 Å². The Hall–Kier alpha value is -2.52. The van der Waals surface area contributed by atoms with E-state index in [-0.39, 0.29) is 21.7 Å². The minimum atomic E-state index is -3.73. The predicted octanol–water partition coefficient (Wildman–Crippen LogP) is 2.31. The molecule has 0 spiro atoms. The fourth-order valence-corrected chi connectivity index (χ4v) is 3.97. The van der Waals surface area contributed by atoms with Gasteiger partial charge in [-0.15, -0.1) is 0 Å². The Kier molecular flexibility index (Phi) is 7.86. The van der Waals surface area contributed by atoms with Crippen LogP contribution in [0.25, 0.3) is 0 Å². The van der Waals surface area contributed by atoms with Crippen molar-refractivity contribution in [1.29, 1.82) is 5.41 Å². The van der Waals surface area contributed by atoms with Gasteiger partial charge in [0.05, 0.1) is 16.0 Å². The number of nitrogens with zero attached hydrogens (tertiary/aromatic N) is 1. The van der Waals surface area contributed by atoms with Gasteiger partial charge in [-0.2, -0.15) is 4.31 Å². The van der Waals surface area contributed by atoms with Crippen LogP contribution in [0.2, 0.25) is 0 Å². The second-order valence-corrected chi connectivity index (χ2v) is 7.63. The third-order valence-electron chi connectivity index (χ3n) is 3.77. The lowest BCUT2D eigenvalue weighted by Gasteiger charge is -2.18. The maximum atomic E-state index is 12.5. The Morgan fingerprint density at radius 1 is 1.19 bits per heavy atom. The van der Waals surface area contributed by atoms with Gasteiger partial charge < -0.3 is 15.3 Å². The van der Waals surface area contributed by atoms with Crippen LogP contribution in [-0.2, 0) is 19.6 Å². The molecule has 0 heterocycles. The highest BCUT2D eigenvalue weighted by atomic mass is 32.2. The number of hydrogen-bond acceptors (Lipinski definition) is 7. The van der Waals surface area contributed by atoms with Gasteiger partial charge in [-0.1, -0.05) is 19.9 Å². The number of allylic oxidation sites excluding steroid dienone is 1. The molecular weight excluding hydrogens is 372 g/mol. The van der Waals surface area contributed by atoms with Crippen molar-refractivity contribution in [2.75, 3.05) is 19.7 Å². The van der Waals surface area contributed by atoms with E-state index in [0.29, 0.717) is 13.1 Å². The highest BCUT2D eigenvalue weighted by Crippen LogP contribution is 2.18. The lowest BCUT2D eigenvalue weighted by Crippen LogP contribution is -2.30. The van der Waals surface area contributed by atoms with Crippen LogP contribution >= 0.6 is 0 Å². The van der Waals surface area contributed by atoms with Gasteiger partial charge in [-0.05, 0) is 32.0 Å². The number of nitrogens with one attached hydrogen (secondary N) is 1. The van der Waals surface area contributed by atoms with E-state index in [9.17, 15) is 23.1 Å². The molecule has 148 valence electrons. The SMILES string of the molecule is CCN(CC)S(=O)(=O)c1cccc(C(=O)OC/C(O)=C(\C(C)=N)C(C)=O)c1. The Bertz CT molecular complexity index is 854. The minimum Gasteiger partial charge on any atom is -0.508 e. The van der Waals surface area contributed by atoms with Gasteiger partial charge in [0.15, 0.2) is 5.78 Å². The van der Waals surface area contributed by atoms with Gasteiger partial charge in [0, 0.05) is 18.8 Å². The van der Waals surface area contributed by atoms with Crippen LogP contribution in [0, 0.1) is 5.41 Å². The predicted molar refractivity (Wildman–Crippen MR) is 101 cm³/mol. The van der Waals surface area contributed by atoms with Crippen molar-refractivity contribution in [2.45, 2.75) is 32.6 Å². The standard InChI is InChI=1S/C18H24N2O6S/c1-5-20(6-2)27(24,25)15-9-7-8-14(10-15)18(23)26-11-16(22)17(12(3)19)13(4)21/h7-10,19,22H,5-6,11H2,1-4H3/b17-16-,19-12?. The van der Waals surface area contributed by atoms with E-state index in [0.717, 1.165) is 0 Å². The van der Waals surface area contributed by atoms with Crippen LogP contribution in [0.3, 0.4) is 0 Å². The van der Waals surface area contributed by atoms with Gasteiger partial charge in [0.25, 0.3) is 0 Å². The molecule has 2 N–H and O–H groups in total. The van der Waals surface area contributed by atoms with E-state index in [1.54, 1.807) is 13.8 Å². The molecule has 1 rings (SSSR count). The van der Waals surface area contributed by atoms with Crippen molar-refractivity contribution in [3.8, 4) is 0 Å². The zero-order valence-corrected chi connectivity index (χ0v) is 16.6. The molecule has 1 aromatic carbocycles. The number of rotatable bonds is 9. The van der Waals surface area contributed by atoms with Crippen LogP contribution in [0.1, 0.15) is 38.1 Å². The Morgan fingerprint density at radius 2 is 1.78 bits per heavy atom. The number of aliphatic hydroxyl groups is 1. The number of hydrogen-bond donors (Lipinski definition) is 2. The van der Waals surface area contributed by atoms with E-state index in [1.807, 2.05) is 0 Å². The molecule has 0 saturated heterocycles. The summed E-state index contributed by atoms with van der Waals surface area (Å²) in [6, 6.07) is 5.39. The zero-order valence-electron chi connectivity index (χ0n) is 15.8. The summed E-state index contributed by atoms with van der Waals surface area (Å²) in [5, 5.41) is 17.4. The molecule has 0 unspecified atom stereocenters. The quantitative estimate of drug-likeness (QED) is 0.286. The first-order valence-corrected chi connectivity index (χ1v) is 9.76. The first kappa shape index (κ1) is 22.5. The summed E-state index contributed by atoms with van der Waals surface area (Å²) in [5.41, 5.74) is -0.379. The number of aliphatic hydroxyl groups excluding tert-OH is 1. The highest BCUT2D eigenvalue weighted by Gasteiger charge is 2.23. The second-order valence-electron chi connectivity index (χ2n) is 5.70. The molecule has 0 saturated carbocycles. The van der Waals surface area contributed by atoms with Crippen molar-refractivity contribution in [3.63, 3.8) is 0 Å². The van der Waals surface area contributed by atoms with Crippen LogP contribution < -0.4 is 0 Å². The summed E-state index contributed by atoms with van der Waals surface area (Å²) < 4.78 is 31.3. The normalized spacial score (nSPS) is 12.5. The van der Waals surface area contributed by atoms with Gasteiger partial charge in [-0.25, -0.2) is 13.2 Å². The zero-order chi connectivity index (χ0) is 20.8. The van der Waals surface area contributed by atoms with Crippen molar-refractivity contribution < 1.29 is 27.9 Å². The fourth-order valence-electron chi connectivity index (χ4n) is 2.47. The smallest absolute Gasteiger partial charge is 0.338 e. The van der Waals surface area contributed by atoms with E-state index >= 15 is 0 Å². The number of ether oxygens (including phenoxy) is 1. The molecule has 1 aromatic rings. The van der Waals surface area contributed by atoms with Crippen LogP contribution in [0.4, 0.5) is 0 Å². The summed E-state index contributed by atoms with van der Waals surface area (Å²) in [7, 11) is -3.73. The Morgan fingerprint density at radius 3 is 2.26 bits per heavy atom. The van der Waals surface area contributed by atoms with Gasteiger partial charge in [0.2, 0.25) is 10.0 Å². The average Bonchev–Trinajstić information content (AvgIpc) is 2.60. The molecule has 27 heavy (non-hydrogen) atoms. The number of esters is 1. The Labute approximate surface area is 159 Å². The number of carbonyl (C=O) groups excluding carboxylic acids is 2. The van der Waals surface area contributed by atoms with Crippen LogP contribution in [-0.4, -0.2) is 55.0 Å². The molecule has 0 amide bonds. The number of ketones is 1. The maximum absolute atomic E-state index is 12.5. The molecule has 0 bridgehead atoms. The third-order valence-corrected chi connectivity index (χ3v) is 5.81. The van der Waals surface area contributed by atoms with E-state index in [1.165, 1.54) is 42.4 Å². The number of carbonyl (C=O) groups is 2. The number of Topliss-reactive ketones (excluding diaryl/α,β-unsaturated/α-hetero) is 1. The molecule has 0 fully saturated rings. The lowest BCUT2D eigenvalue weighted by atomic mass is 10.1. The number of benzene rings is 1. The minimum absolute atomic E-state index is 0.00742. The number of sulfonamides is 1. The van der Waals surface area contributed by atoms with Crippen molar-refractivity contribution in [1.82, 2.24) is 4.31 Å². The molecular formula is C18H24N2O6S. The third kappa shape index (κ3) is 5.48. The van der Waals surface area contributed by atoms with Gasteiger partial charge >= 0.3 is 5.97 Å². The van der Waals surface area contributed by atoms with Crippen LogP contribution in [0.15, 0.2) is 40.5 Å². The topological polar surface area (TPSA) is 125 Å². The second kappa shape index (κ2) is 9.43. The molecule has 9 heteroatoms. The van der Waals surface area contributed by atoms with Gasteiger partial charge in [0.1, 0.15) is 12.4 Å². The highest BCUT2D eigenvalue weighted by molar-refractivity contribution is 7.89. The molecule has 0 aliphatic heterocycles.